The lowest BCUT2D eigenvalue weighted by atomic mass is 10.1. The molecule has 1 fully saturated rings. The number of hydrogen-bond acceptors (Lipinski definition) is 5. The average molecular weight is 517 g/mol. The lowest BCUT2D eigenvalue weighted by molar-refractivity contribution is 0.0756. The monoisotopic (exact) mass is 516 g/mol. The number of carbonyl (C=O) groups is 1. The van der Waals surface area contributed by atoms with Crippen molar-refractivity contribution in [3.8, 4) is 17.1 Å². The van der Waals surface area contributed by atoms with E-state index in [1.165, 1.54) is 16.8 Å². The highest BCUT2D eigenvalue weighted by Gasteiger charge is 2.23. The highest BCUT2D eigenvalue weighted by molar-refractivity contribution is 5.99. The Labute approximate surface area is 217 Å². The Morgan fingerprint density at radius 1 is 1.00 bits per heavy atom. The smallest absolute Gasteiger partial charge is 0.272 e. The Morgan fingerprint density at radius 2 is 1.76 bits per heavy atom. The van der Waals surface area contributed by atoms with Crippen molar-refractivity contribution in [1.29, 1.82) is 0 Å². The fourth-order valence-corrected chi connectivity index (χ4v) is 5.03. The normalized spacial score (nSPS) is 14.2. The molecule has 4 aromatic heterocycles. The van der Waals surface area contributed by atoms with Gasteiger partial charge in [0.2, 0.25) is 0 Å². The van der Waals surface area contributed by atoms with Gasteiger partial charge in [0, 0.05) is 36.9 Å². The zero-order valence-electron chi connectivity index (χ0n) is 20.9. The van der Waals surface area contributed by atoms with Crippen molar-refractivity contribution in [3.05, 3.63) is 77.9 Å². The van der Waals surface area contributed by atoms with Crippen molar-refractivity contribution < 1.29 is 18.3 Å². The van der Waals surface area contributed by atoms with E-state index in [0.717, 1.165) is 43.1 Å². The van der Waals surface area contributed by atoms with Gasteiger partial charge in [0.25, 0.3) is 5.91 Å². The number of fused-ring (bicyclic) bond motifs is 2. The summed E-state index contributed by atoms with van der Waals surface area (Å²) >= 11 is 0. The second-order valence-corrected chi connectivity index (χ2v) is 9.49. The molecule has 1 aromatic carbocycles. The molecule has 1 amide bonds. The lowest BCUT2D eigenvalue weighted by Gasteiger charge is -2.19. The molecule has 1 saturated heterocycles. The van der Waals surface area contributed by atoms with Gasteiger partial charge in [-0.1, -0.05) is 25.0 Å². The summed E-state index contributed by atoms with van der Waals surface area (Å²) < 4.78 is 36.9. The van der Waals surface area contributed by atoms with Crippen molar-refractivity contribution in [1.82, 2.24) is 29.0 Å². The van der Waals surface area contributed by atoms with Crippen molar-refractivity contribution in [3.63, 3.8) is 0 Å². The molecule has 0 N–H and O–H groups in total. The number of halogens is 2. The molecular weight excluding hydrogens is 490 g/mol. The maximum absolute atomic E-state index is 14.4. The molecule has 5 aromatic rings. The number of rotatable bonds is 5. The number of amides is 1. The van der Waals surface area contributed by atoms with Crippen LogP contribution in [0.4, 0.5) is 8.78 Å². The fourth-order valence-electron chi connectivity index (χ4n) is 5.03. The third-order valence-corrected chi connectivity index (χ3v) is 7.01. The lowest BCUT2D eigenvalue weighted by Crippen LogP contribution is -2.32. The van der Waals surface area contributed by atoms with Crippen LogP contribution in [0.15, 0.2) is 55.0 Å². The SMILES string of the molecule is COc1ccc(Cn2nc(-c3cnc4c(F)cc(F)cn34)c3cnc(C(=O)N4CCCCCC4)cc32)cc1. The van der Waals surface area contributed by atoms with Crippen LogP contribution in [0.5, 0.6) is 5.75 Å². The molecule has 0 unspecified atom stereocenters. The highest BCUT2D eigenvalue weighted by Crippen LogP contribution is 2.30. The first-order valence-electron chi connectivity index (χ1n) is 12.6. The molecule has 0 saturated carbocycles. The van der Waals surface area contributed by atoms with E-state index >= 15 is 0 Å². The molecule has 1 aliphatic rings. The zero-order chi connectivity index (χ0) is 26.2. The molecule has 38 heavy (non-hydrogen) atoms. The Hall–Kier alpha value is -4.34. The molecule has 0 bridgehead atoms. The maximum atomic E-state index is 14.4. The number of likely N-dealkylation sites (tertiary alicyclic amines) is 1. The zero-order valence-corrected chi connectivity index (χ0v) is 20.9. The summed E-state index contributed by atoms with van der Waals surface area (Å²) in [6, 6.07) is 10.2. The van der Waals surface area contributed by atoms with Gasteiger partial charge in [0.1, 0.15) is 23.0 Å². The first-order valence-corrected chi connectivity index (χ1v) is 12.6. The number of hydrogen-bond donors (Lipinski definition) is 0. The molecule has 5 heterocycles. The van der Waals surface area contributed by atoms with Crippen LogP contribution in [0.2, 0.25) is 0 Å². The topological polar surface area (TPSA) is 77.5 Å². The van der Waals surface area contributed by atoms with Crippen molar-refractivity contribution in [2.24, 2.45) is 0 Å². The van der Waals surface area contributed by atoms with Crippen LogP contribution in [-0.4, -0.2) is 55.2 Å². The predicted octanol–water partition coefficient (Wildman–Crippen LogP) is 5.10. The molecule has 0 atom stereocenters. The van der Waals surface area contributed by atoms with Gasteiger partial charge in [-0.25, -0.2) is 13.8 Å². The molecular formula is C28H26F2N6O2. The first kappa shape index (κ1) is 24.0. The van der Waals surface area contributed by atoms with E-state index in [1.807, 2.05) is 29.2 Å². The Kier molecular flexibility index (Phi) is 6.22. The maximum Gasteiger partial charge on any atom is 0.272 e. The summed E-state index contributed by atoms with van der Waals surface area (Å²) in [5, 5.41) is 5.47. The minimum Gasteiger partial charge on any atom is -0.497 e. The van der Waals surface area contributed by atoms with Crippen molar-refractivity contribution in [2.45, 2.75) is 32.2 Å². The first-order chi connectivity index (χ1) is 18.5. The standard InChI is InChI=1S/C28H26F2N6O2/c1-38-20-8-6-18(7-9-20)16-36-24-13-23(28(37)34-10-4-2-3-5-11-34)31-14-21(24)26(33-36)25-15-32-27-22(30)12-19(29)17-35(25)27/h6-9,12-15,17H,2-5,10-11,16H2,1H3. The molecule has 0 aliphatic carbocycles. The van der Waals surface area contributed by atoms with E-state index < -0.39 is 11.6 Å². The molecule has 6 rings (SSSR count). The van der Waals surface area contributed by atoms with Gasteiger partial charge in [-0.2, -0.15) is 5.10 Å². The largest absolute Gasteiger partial charge is 0.497 e. The van der Waals surface area contributed by atoms with Gasteiger partial charge in [-0.05, 0) is 36.6 Å². The van der Waals surface area contributed by atoms with Crippen LogP contribution in [0.1, 0.15) is 41.7 Å². The number of carbonyl (C=O) groups excluding carboxylic acids is 1. The van der Waals surface area contributed by atoms with Crippen LogP contribution >= 0.6 is 0 Å². The molecule has 0 spiro atoms. The van der Waals surface area contributed by atoms with Crippen LogP contribution in [-0.2, 0) is 6.54 Å². The third-order valence-electron chi connectivity index (χ3n) is 7.01. The minimum atomic E-state index is -0.762. The number of aromatic nitrogens is 5. The van der Waals surface area contributed by atoms with Gasteiger partial charge in [0.05, 0.1) is 31.1 Å². The van der Waals surface area contributed by atoms with E-state index in [2.05, 4.69) is 9.97 Å². The van der Waals surface area contributed by atoms with E-state index in [9.17, 15) is 13.6 Å². The number of methoxy groups -OCH3 is 1. The van der Waals surface area contributed by atoms with Crippen molar-refractivity contribution >= 4 is 22.5 Å². The summed E-state index contributed by atoms with van der Waals surface area (Å²) in [4.78, 5) is 23.9. The predicted molar refractivity (Wildman–Crippen MR) is 138 cm³/mol. The highest BCUT2D eigenvalue weighted by atomic mass is 19.1. The fraction of sp³-hybridized carbons (Fsp3) is 0.286. The Balaban J connectivity index is 1.48. The average Bonchev–Trinajstić information content (AvgIpc) is 3.38. The molecule has 1 aliphatic heterocycles. The van der Waals surface area contributed by atoms with Gasteiger partial charge in [-0.15, -0.1) is 0 Å². The summed E-state index contributed by atoms with van der Waals surface area (Å²) in [5.41, 5.74) is 2.89. The molecule has 194 valence electrons. The van der Waals surface area contributed by atoms with E-state index in [0.29, 0.717) is 47.6 Å². The Morgan fingerprint density at radius 3 is 2.50 bits per heavy atom. The van der Waals surface area contributed by atoms with Crippen LogP contribution in [0.25, 0.3) is 27.9 Å². The van der Waals surface area contributed by atoms with Gasteiger partial charge >= 0.3 is 0 Å². The number of benzene rings is 1. The summed E-state index contributed by atoms with van der Waals surface area (Å²) in [6.45, 7) is 1.84. The molecule has 0 radical (unpaired) electrons. The number of pyridine rings is 2. The van der Waals surface area contributed by atoms with Gasteiger partial charge < -0.3 is 9.64 Å². The second kappa shape index (κ2) is 9.85. The summed E-state index contributed by atoms with van der Waals surface area (Å²) in [5.74, 6) is -0.850. The third kappa shape index (κ3) is 4.36. The number of nitrogens with zero attached hydrogens (tertiary/aromatic N) is 6. The number of ether oxygens (including phenoxy) is 1. The van der Waals surface area contributed by atoms with Crippen LogP contribution in [0, 0.1) is 11.6 Å². The number of imidazole rings is 1. The summed E-state index contributed by atoms with van der Waals surface area (Å²) in [6.07, 6.45) is 8.46. The van der Waals surface area contributed by atoms with Crippen LogP contribution < -0.4 is 4.74 Å². The molecule has 8 nitrogen and oxygen atoms in total. The minimum absolute atomic E-state index is 0.000162. The second-order valence-electron chi connectivity index (χ2n) is 9.49. The van der Waals surface area contributed by atoms with Crippen molar-refractivity contribution in [2.75, 3.05) is 20.2 Å². The molecule has 10 heteroatoms. The Bertz CT molecular complexity index is 1640. The summed E-state index contributed by atoms with van der Waals surface area (Å²) in [7, 11) is 1.61. The van der Waals surface area contributed by atoms with Gasteiger partial charge in [0.15, 0.2) is 11.5 Å². The van der Waals surface area contributed by atoms with E-state index in [-0.39, 0.29) is 11.6 Å². The van der Waals surface area contributed by atoms with E-state index in [4.69, 9.17) is 9.84 Å². The van der Waals surface area contributed by atoms with E-state index in [1.54, 1.807) is 24.1 Å². The van der Waals surface area contributed by atoms with Crippen LogP contribution in [0.3, 0.4) is 0 Å². The quantitative estimate of drug-likeness (QED) is 0.325. The van der Waals surface area contributed by atoms with Gasteiger partial charge in [-0.3, -0.25) is 18.9 Å².